The maximum atomic E-state index is 5.72. The standard InChI is InChI=1S/C13H17BrO2S/c1-10-13(6-7-15-10)17-9-8-16-12-5-3-2-4-11(12)14/h2-5,10,13H,6-9H2,1H3/t10-,13-/m1/s1. The summed E-state index contributed by atoms with van der Waals surface area (Å²) >= 11 is 5.42. The first kappa shape index (κ1) is 13.2. The Labute approximate surface area is 115 Å². The molecule has 2 nitrogen and oxygen atoms in total. The summed E-state index contributed by atoms with van der Waals surface area (Å²) in [7, 11) is 0. The van der Waals surface area contributed by atoms with Crippen molar-refractivity contribution in [3.63, 3.8) is 0 Å². The van der Waals surface area contributed by atoms with E-state index in [1.54, 1.807) is 0 Å². The number of para-hydroxylation sites is 1. The van der Waals surface area contributed by atoms with Crippen LogP contribution in [0, 0.1) is 0 Å². The van der Waals surface area contributed by atoms with Gasteiger partial charge < -0.3 is 9.47 Å². The Kier molecular flexibility index (Phi) is 5.19. The van der Waals surface area contributed by atoms with E-state index >= 15 is 0 Å². The lowest BCUT2D eigenvalue weighted by molar-refractivity contribution is 0.127. The minimum Gasteiger partial charge on any atom is -0.492 e. The van der Waals surface area contributed by atoms with Gasteiger partial charge in [-0.2, -0.15) is 11.8 Å². The second-order valence-corrected chi connectivity index (χ2v) is 6.25. The molecule has 0 amide bonds. The Bertz CT molecular complexity index is 359. The molecule has 1 aromatic carbocycles. The van der Waals surface area contributed by atoms with E-state index in [-0.39, 0.29) is 0 Å². The Morgan fingerprint density at radius 1 is 1.47 bits per heavy atom. The maximum absolute atomic E-state index is 5.72. The van der Waals surface area contributed by atoms with Crippen LogP contribution < -0.4 is 4.74 Å². The lowest BCUT2D eigenvalue weighted by Gasteiger charge is -2.14. The number of ether oxygens (including phenoxy) is 2. The van der Waals surface area contributed by atoms with Crippen molar-refractivity contribution in [2.24, 2.45) is 0 Å². The molecule has 2 atom stereocenters. The first-order chi connectivity index (χ1) is 8.27. The van der Waals surface area contributed by atoms with E-state index in [1.807, 2.05) is 36.0 Å². The lowest BCUT2D eigenvalue weighted by Crippen LogP contribution is -2.15. The van der Waals surface area contributed by atoms with Crippen molar-refractivity contribution in [1.82, 2.24) is 0 Å². The molecular formula is C13H17BrO2S. The number of hydrogen-bond acceptors (Lipinski definition) is 3. The molecule has 94 valence electrons. The summed E-state index contributed by atoms with van der Waals surface area (Å²) < 4.78 is 12.3. The average molecular weight is 317 g/mol. The van der Waals surface area contributed by atoms with Crippen LogP contribution in [0.3, 0.4) is 0 Å². The first-order valence-corrected chi connectivity index (χ1v) is 7.72. The van der Waals surface area contributed by atoms with Crippen LogP contribution in [0.25, 0.3) is 0 Å². The monoisotopic (exact) mass is 316 g/mol. The fourth-order valence-corrected chi connectivity index (χ4v) is 3.34. The van der Waals surface area contributed by atoms with Crippen molar-refractivity contribution >= 4 is 27.7 Å². The molecule has 1 fully saturated rings. The summed E-state index contributed by atoms with van der Waals surface area (Å²) in [5.74, 6) is 1.93. The Morgan fingerprint density at radius 2 is 2.29 bits per heavy atom. The number of thioether (sulfide) groups is 1. The molecule has 4 heteroatoms. The molecule has 2 rings (SSSR count). The van der Waals surface area contributed by atoms with Gasteiger partial charge in [-0.05, 0) is 41.4 Å². The third-order valence-electron chi connectivity index (χ3n) is 2.82. The maximum Gasteiger partial charge on any atom is 0.133 e. The first-order valence-electron chi connectivity index (χ1n) is 5.88. The summed E-state index contributed by atoms with van der Waals surface area (Å²) in [6.45, 7) is 3.81. The molecule has 0 spiro atoms. The molecule has 1 aliphatic rings. The van der Waals surface area contributed by atoms with Gasteiger partial charge in [0.25, 0.3) is 0 Å². The van der Waals surface area contributed by atoms with Crippen molar-refractivity contribution in [1.29, 1.82) is 0 Å². The van der Waals surface area contributed by atoms with Crippen molar-refractivity contribution in [2.75, 3.05) is 19.0 Å². The van der Waals surface area contributed by atoms with Gasteiger partial charge in [0.1, 0.15) is 5.75 Å². The molecule has 1 heterocycles. The summed E-state index contributed by atoms with van der Waals surface area (Å²) in [5.41, 5.74) is 0. The van der Waals surface area contributed by atoms with Gasteiger partial charge >= 0.3 is 0 Å². The molecule has 0 bridgehead atoms. The summed E-state index contributed by atoms with van der Waals surface area (Å²) in [6.07, 6.45) is 1.56. The van der Waals surface area contributed by atoms with Gasteiger partial charge in [0.15, 0.2) is 0 Å². The quantitative estimate of drug-likeness (QED) is 0.771. The zero-order chi connectivity index (χ0) is 12.1. The van der Waals surface area contributed by atoms with Crippen LogP contribution >= 0.6 is 27.7 Å². The molecule has 0 aromatic heterocycles. The Balaban J connectivity index is 1.68. The molecule has 17 heavy (non-hydrogen) atoms. The lowest BCUT2D eigenvalue weighted by atomic mass is 10.3. The minimum atomic E-state index is 0.392. The number of hydrogen-bond donors (Lipinski definition) is 0. The largest absolute Gasteiger partial charge is 0.492 e. The molecule has 1 saturated heterocycles. The molecule has 0 radical (unpaired) electrons. The second kappa shape index (κ2) is 6.66. The van der Waals surface area contributed by atoms with Crippen molar-refractivity contribution in [3.8, 4) is 5.75 Å². The average Bonchev–Trinajstić information content (AvgIpc) is 2.73. The Hall–Kier alpha value is -0.190. The fourth-order valence-electron chi connectivity index (χ4n) is 1.84. The van der Waals surface area contributed by atoms with Gasteiger partial charge in [-0.15, -0.1) is 0 Å². The third-order valence-corrected chi connectivity index (χ3v) is 4.92. The van der Waals surface area contributed by atoms with Crippen molar-refractivity contribution < 1.29 is 9.47 Å². The molecule has 0 saturated carbocycles. The van der Waals surface area contributed by atoms with E-state index in [1.165, 1.54) is 6.42 Å². The van der Waals surface area contributed by atoms with Crippen LogP contribution in [0.2, 0.25) is 0 Å². The molecular weight excluding hydrogens is 300 g/mol. The summed E-state index contributed by atoms with van der Waals surface area (Å²) in [5, 5.41) is 0.637. The van der Waals surface area contributed by atoms with Gasteiger partial charge in [-0.1, -0.05) is 12.1 Å². The van der Waals surface area contributed by atoms with Gasteiger partial charge in [0.05, 0.1) is 17.2 Å². The molecule has 0 N–H and O–H groups in total. The summed E-state index contributed by atoms with van der Waals surface area (Å²) in [6, 6.07) is 7.95. The number of halogens is 1. The Morgan fingerprint density at radius 3 is 3.00 bits per heavy atom. The van der Waals surface area contributed by atoms with Crippen LogP contribution in [-0.4, -0.2) is 30.3 Å². The highest BCUT2D eigenvalue weighted by molar-refractivity contribution is 9.10. The van der Waals surface area contributed by atoms with Gasteiger partial charge in [-0.25, -0.2) is 0 Å². The normalized spacial score (nSPS) is 23.9. The van der Waals surface area contributed by atoms with Gasteiger partial charge in [-0.3, -0.25) is 0 Å². The zero-order valence-corrected chi connectivity index (χ0v) is 12.3. The number of benzene rings is 1. The molecule has 1 aromatic rings. The van der Waals surface area contributed by atoms with Gasteiger partial charge in [0, 0.05) is 17.6 Å². The van der Waals surface area contributed by atoms with Crippen LogP contribution in [0.15, 0.2) is 28.7 Å². The topological polar surface area (TPSA) is 18.5 Å². The van der Waals surface area contributed by atoms with E-state index in [0.29, 0.717) is 11.4 Å². The zero-order valence-electron chi connectivity index (χ0n) is 9.90. The van der Waals surface area contributed by atoms with E-state index in [2.05, 4.69) is 22.9 Å². The van der Waals surface area contributed by atoms with E-state index in [9.17, 15) is 0 Å². The minimum absolute atomic E-state index is 0.392. The predicted octanol–water partition coefficient (Wildman–Crippen LogP) is 3.74. The second-order valence-electron chi connectivity index (χ2n) is 4.05. The van der Waals surface area contributed by atoms with Crippen molar-refractivity contribution in [2.45, 2.75) is 24.7 Å². The SMILES string of the molecule is C[C@H]1OCC[C@H]1SCCOc1ccccc1Br. The molecule has 0 aliphatic carbocycles. The number of rotatable bonds is 5. The van der Waals surface area contributed by atoms with Crippen molar-refractivity contribution in [3.05, 3.63) is 28.7 Å². The highest BCUT2D eigenvalue weighted by Gasteiger charge is 2.24. The van der Waals surface area contributed by atoms with E-state index in [0.717, 1.165) is 29.2 Å². The van der Waals surface area contributed by atoms with E-state index < -0.39 is 0 Å². The van der Waals surface area contributed by atoms with Crippen LogP contribution in [0.1, 0.15) is 13.3 Å². The summed E-state index contributed by atoms with van der Waals surface area (Å²) in [4.78, 5) is 0. The van der Waals surface area contributed by atoms with E-state index in [4.69, 9.17) is 9.47 Å². The smallest absolute Gasteiger partial charge is 0.133 e. The highest BCUT2D eigenvalue weighted by Crippen LogP contribution is 2.27. The van der Waals surface area contributed by atoms with Crippen LogP contribution in [0.4, 0.5) is 0 Å². The van der Waals surface area contributed by atoms with Crippen LogP contribution in [-0.2, 0) is 4.74 Å². The highest BCUT2D eigenvalue weighted by atomic mass is 79.9. The molecule has 1 aliphatic heterocycles. The fraction of sp³-hybridized carbons (Fsp3) is 0.538. The van der Waals surface area contributed by atoms with Gasteiger partial charge in [0.2, 0.25) is 0 Å². The third kappa shape index (κ3) is 3.90. The molecule has 0 unspecified atom stereocenters. The van der Waals surface area contributed by atoms with Crippen LogP contribution in [0.5, 0.6) is 5.75 Å². The predicted molar refractivity (Wildman–Crippen MR) is 75.9 cm³/mol.